The van der Waals surface area contributed by atoms with Gasteiger partial charge in [-0.05, 0) is 24.4 Å². The van der Waals surface area contributed by atoms with E-state index < -0.39 is 0 Å². The Hall–Kier alpha value is -0.760. The van der Waals surface area contributed by atoms with E-state index in [0.717, 1.165) is 5.06 Å². The van der Waals surface area contributed by atoms with Crippen LogP contribution in [0.1, 0.15) is 6.92 Å². The summed E-state index contributed by atoms with van der Waals surface area (Å²) in [6.07, 6.45) is 3.97. The van der Waals surface area contributed by atoms with Crippen molar-refractivity contribution < 1.29 is 4.74 Å². The van der Waals surface area contributed by atoms with Crippen LogP contribution in [0.4, 0.5) is 0 Å². The van der Waals surface area contributed by atoms with Crippen molar-refractivity contribution in [1.29, 1.82) is 0 Å². The highest BCUT2D eigenvalue weighted by Crippen LogP contribution is 2.17. The van der Waals surface area contributed by atoms with Crippen LogP contribution in [0.25, 0.3) is 0 Å². The van der Waals surface area contributed by atoms with E-state index >= 15 is 0 Å². The monoisotopic (exact) mass is 154 g/mol. The third-order valence-electron chi connectivity index (χ3n) is 1.05. The normalized spacial score (nSPS) is 10.5. The molecule has 1 heterocycles. The summed E-state index contributed by atoms with van der Waals surface area (Å²) in [7, 11) is 0. The molecule has 0 fully saturated rings. The molecule has 0 spiro atoms. The van der Waals surface area contributed by atoms with E-state index in [9.17, 15) is 0 Å². The van der Waals surface area contributed by atoms with Gasteiger partial charge >= 0.3 is 0 Å². The van der Waals surface area contributed by atoms with Crippen molar-refractivity contribution in [3.8, 4) is 5.06 Å². The molecule has 0 saturated heterocycles. The Morgan fingerprint density at radius 1 is 1.70 bits per heavy atom. The molecule has 0 amide bonds. The van der Waals surface area contributed by atoms with Crippen molar-refractivity contribution in [3.63, 3.8) is 0 Å². The van der Waals surface area contributed by atoms with Crippen LogP contribution in [0.2, 0.25) is 0 Å². The lowest BCUT2D eigenvalue weighted by Crippen LogP contribution is -1.89. The van der Waals surface area contributed by atoms with Gasteiger partial charge in [0, 0.05) is 0 Å². The first-order chi connectivity index (χ1) is 4.93. The Labute approximate surface area is 65.0 Å². The Morgan fingerprint density at radius 2 is 2.60 bits per heavy atom. The van der Waals surface area contributed by atoms with E-state index in [0.29, 0.717) is 6.61 Å². The van der Waals surface area contributed by atoms with Gasteiger partial charge in [0.05, 0.1) is 0 Å². The van der Waals surface area contributed by atoms with E-state index in [1.54, 1.807) is 11.3 Å². The number of hydrogen-bond donors (Lipinski definition) is 0. The standard InChI is InChI=1S/C8H10OS/c1-2-3-6-9-8-5-4-7-10-8/h2-5,7H,6H2,1H3. The highest BCUT2D eigenvalue weighted by Gasteiger charge is 1.88. The zero-order valence-corrected chi connectivity index (χ0v) is 6.73. The third kappa shape index (κ3) is 2.23. The van der Waals surface area contributed by atoms with E-state index in [2.05, 4.69) is 0 Å². The molecule has 0 aromatic carbocycles. The fraction of sp³-hybridized carbons (Fsp3) is 0.250. The van der Waals surface area contributed by atoms with Crippen molar-refractivity contribution in [2.75, 3.05) is 6.61 Å². The molecule has 1 aromatic rings. The predicted octanol–water partition coefficient (Wildman–Crippen LogP) is 2.70. The molecule has 1 aromatic heterocycles. The minimum Gasteiger partial charge on any atom is -0.480 e. The van der Waals surface area contributed by atoms with Gasteiger partial charge in [0.15, 0.2) is 5.06 Å². The lowest BCUT2D eigenvalue weighted by atomic mass is 10.5. The summed E-state index contributed by atoms with van der Waals surface area (Å²) < 4.78 is 5.32. The fourth-order valence-electron chi connectivity index (χ4n) is 0.572. The molecule has 2 heteroatoms. The summed E-state index contributed by atoms with van der Waals surface area (Å²) in [5, 5.41) is 2.99. The molecule has 54 valence electrons. The molecule has 10 heavy (non-hydrogen) atoms. The lowest BCUT2D eigenvalue weighted by Gasteiger charge is -1.95. The van der Waals surface area contributed by atoms with Gasteiger partial charge in [0.2, 0.25) is 0 Å². The molecule has 0 aliphatic carbocycles. The van der Waals surface area contributed by atoms with Gasteiger partial charge in [-0.1, -0.05) is 12.2 Å². The van der Waals surface area contributed by atoms with Crippen LogP contribution in [0, 0.1) is 0 Å². The highest BCUT2D eigenvalue weighted by atomic mass is 32.1. The molecule has 0 bridgehead atoms. The Bertz CT molecular complexity index is 189. The molecular formula is C8H10OS. The summed E-state index contributed by atoms with van der Waals surface area (Å²) in [5.41, 5.74) is 0. The third-order valence-corrected chi connectivity index (χ3v) is 1.83. The fourth-order valence-corrected chi connectivity index (χ4v) is 1.16. The summed E-state index contributed by atoms with van der Waals surface area (Å²) in [6.45, 7) is 2.66. The Kier molecular flexibility index (Phi) is 3.03. The molecule has 0 radical (unpaired) electrons. The van der Waals surface area contributed by atoms with Crippen LogP contribution < -0.4 is 4.74 Å². The van der Waals surface area contributed by atoms with Crippen LogP contribution in [0.3, 0.4) is 0 Å². The van der Waals surface area contributed by atoms with Crippen LogP contribution in [-0.2, 0) is 0 Å². The van der Waals surface area contributed by atoms with E-state index in [1.807, 2.05) is 36.6 Å². The molecule has 1 nitrogen and oxygen atoms in total. The molecule has 0 unspecified atom stereocenters. The van der Waals surface area contributed by atoms with Gasteiger partial charge in [-0.25, -0.2) is 0 Å². The minimum atomic E-state index is 0.678. The number of thiophene rings is 1. The summed E-state index contributed by atoms with van der Waals surface area (Å²) in [6, 6.07) is 3.95. The maximum Gasteiger partial charge on any atom is 0.174 e. The van der Waals surface area contributed by atoms with Gasteiger partial charge in [-0.2, -0.15) is 0 Å². The van der Waals surface area contributed by atoms with Crippen LogP contribution in [0.15, 0.2) is 29.7 Å². The zero-order valence-electron chi connectivity index (χ0n) is 5.91. The van der Waals surface area contributed by atoms with Gasteiger partial charge in [-0.3, -0.25) is 0 Å². The highest BCUT2D eigenvalue weighted by molar-refractivity contribution is 7.11. The molecule has 0 N–H and O–H groups in total. The first-order valence-electron chi connectivity index (χ1n) is 3.21. The summed E-state index contributed by atoms with van der Waals surface area (Å²) in [4.78, 5) is 0. The van der Waals surface area contributed by atoms with Gasteiger partial charge in [0.1, 0.15) is 6.61 Å². The molecule has 1 rings (SSSR count). The number of ether oxygens (including phenoxy) is 1. The SMILES string of the molecule is CC=CCOc1cccs1. The average Bonchev–Trinajstić information content (AvgIpc) is 2.41. The van der Waals surface area contributed by atoms with Crippen LogP contribution in [0.5, 0.6) is 5.06 Å². The minimum absolute atomic E-state index is 0.678. The van der Waals surface area contributed by atoms with Gasteiger partial charge < -0.3 is 4.74 Å². The zero-order chi connectivity index (χ0) is 7.23. The van der Waals surface area contributed by atoms with Crippen molar-refractivity contribution >= 4 is 11.3 Å². The largest absolute Gasteiger partial charge is 0.480 e. The molecule has 0 aliphatic heterocycles. The maximum atomic E-state index is 5.32. The lowest BCUT2D eigenvalue weighted by molar-refractivity contribution is 0.373. The van der Waals surface area contributed by atoms with Crippen molar-refractivity contribution in [3.05, 3.63) is 29.7 Å². The first kappa shape index (κ1) is 7.35. The second kappa shape index (κ2) is 4.12. The van der Waals surface area contributed by atoms with Crippen LogP contribution in [-0.4, -0.2) is 6.61 Å². The maximum absolute atomic E-state index is 5.32. The Morgan fingerprint density at radius 3 is 3.20 bits per heavy atom. The van der Waals surface area contributed by atoms with Crippen molar-refractivity contribution in [2.24, 2.45) is 0 Å². The van der Waals surface area contributed by atoms with E-state index in [-0.39, 0.29) is 0 Å². The van der Waals surface area contributed by atoms with Crippen molar-refractivity contribution in [1.82, 2.24) is 0 Å². The average molecular weight is 154 g/mol. The smallest absolute Gasteiger partial charge is 0.174 e. The first-order valence-corrected chi connectivity index (χ1v) is 4.09. The predicted molar refractivity (Wildman–Crippen MR) is 44.6 cm³/mol. The summed E-state index contributed by atoms with van der Waals surface area (Å²) in [5.74, 6) is 0. The molecule has 0 saturated carbocycles. The topological polar surface area (TPSA) is 9.23 Å². The van der Waals surface area contributed by atoms with Gasteiger partial charge in [0.25, 0.3) is 0 Å². The summed E-state index contributed by atoms with van der Waals surface area (Å²) >= 11 is 1.62. The van der Waals surface area contributed by atoms with E-state index in [1.165, 1.54) is 0 Å². The van der Waals surface area contributed by atoms with Crippen LogP contribution >= 0.6 is 11.3 Å². The number of rotatable bonds is 3. The molecular weight excluding hydrogens is 144 g/mol. The Balaban J connectivity index is 2.28. The van der Waals surface area contributed by atoms with Crippen molar-refractivity contribution in [2.45, 2.75) is 6.92 Å². The van der Waals surface area contributed by atoms with E-state index in [4.69, 9.17) is 4.74 Å². The second-order valence-corrected chi connectivity index (χ2v) is 2.72. The second-order valence-electron chi connectivity index (χ2n) is 1.81. The van der Waals surface area contributed by atoms with Gasteiger partial charge in [-0.15, -0.1) is 11.3 Å². The number of hydrogen-bond acceptors (Lipinski definition) is 2. The molecule has 0 aliphatic rings. The quantitative estimate of drug-likeness (QED) is 0.608. The molecule has 0 atom stereocenters. The number of allylic oxidation sites excluding steroid dienone is 1.